The molecule has 0 radical (unpaired) electrons. The van der Waals surface area contributed by atoms with Crippen LogP contribution in [0.4, 0.5) is 0 Å². The monoisotopic (exact) mass is 626 g/mol. The van der Waals surface area contributed by atoms with Crippen molar-refractivity contribution in [3.63, 3.8) is 0 Å². The highest BCUT2D eigenvalue weighted by atomic mass is 127. The molecule has 7 rings (SSSR count). The van der Waals surface area contributed by atoms with Crippen molar-refractivity contribution in [2.75, 3.05) is 0 Å². The van der Waals surface area contributed by atoms with Gasteiger partial charge < -0.3 is 14.2 Å². The van der Waals surface area contributed by atoms with Crippen molar-refractivity contribution < 1.29 is 23.8 Å². The van der Waals surface area contributed by atoms with E-state index >= 15 is 0 Å². The van der Waals surface area contributed by atoms with E-state index < -0.39 is 38.5 Å². The summed E-state index contributed by atoms with van der Waals surface area (Å²) in [5, 5.41) is 0.920. The lowest BCUT2D eigenvalue weighted by molar-refractivity contribution is -0.308. The molecule has 0 amide bonds. The van der Waals surface area contributed by atoms with Crippen LogP contribution in [-0.2, 0) is 37.0 Å². The van der Waals surface area contributed by atoms with Gasteiger partial charge in [-0.15, -0.1) is 0 Å². The molecule has 0 unspecified atom stereocenters. The lowest BCUT2D eigenvalue weighted by Crippen LogP contribution is -2.65. The van der Waals surface area contributed by atoms with Crippen molar-refractivity contribution in [1.29, 1.82) is 0 Å². The Morgan fingerprint density at radius 2 is 1.49 bits per heavy atom. The van der Waals surface area contributed by atoms with Gasteiger partial charge in [0.15, 0.2) is 3.51 Å². The Morgan fingerprint density at radius 1 is 0.857 bits per heavy atom. The average Bonchev–Trinajstić information content (AvgIpc) is 2.83. The van der Waals surface area contributed by atoms with Crippen LogP contribution >= 0.6 is 43.9 Å². The number of halogens is 3. The summed E-state index contributed by atoms with van der Waals surface area (Å²) < 4.78 is 18.7. The lowest BCUT2D eigenvalue weighted by atomic mass is 9.53. The van der Waals surface area contributed by atoms with Gasteiger partial charge in [0, 0.05) is 26.0 Å². The van der Waals surface area contributed by atoms with Gasteiger partial charge in [-0.05, 0) is 61.6 Å². The number of rotatable bonds is 5. The molecule has 35 heavy (non-hydrogen) atoms. The molecule has 8 heteroatoms. The Balaban J connectivity index is 1.22. The fraction of sp³-hybridized carbons (Fsp3) is 0.444. The van der Waals surface area contributed by atoms with Crippen LogP contribution < -0.4 is 0 Å². The van der Waals surface area contributed by atoms with Crippen LogP contribution in [0.5, 0.6) is 0 Å². The Labute approximate surface area is 224 Å². The molecule has 2 aromatic carbocycles. The van der Waals surface area contributed by atoms with Gasteiger partial charge in [-0.1, -0.05) is 74.3 Å². The highest BCUT2D eigenvalue weighted by Gasteiger charge is 2.64. The summed E-state index contributed by atoms with van der Waals surface area (Å²) in [6.45, 7) is 0.651. The van der Waals surface area contributed by atoms with Crippen LogP contribution in [0.15, 0.2) is 42.5 Å². The van der Waals surface area contributed by atoms with Crippen LogP contribution in [0.3, 0.4) is 0 Å². The number of ether oxygens (including phenoxy) is 3. The molecular weight excluding hydrogens is 602 g/mol. The van der Waals surface area contributed by atoms with E-state index in [1.165, 1.54) is 6.42 Å². The van der Waals surface area contributed by atoms with Gasteiger partial charge in [0.05, 0.1) is 18.2 Å². The van der Waals surface area contributed by atoms with Crippen molar-refractivity contribution in [3.8, 4) is 0 Å². The van der Waals surface area contributed by atoms with Crippen molar-refractivity contribution in [2.24, 2.45) is 23.7 Å². The van der Waals surface area contributed by atoms with E-state index in [2.05, 4.69) is 0 Å². The third kappa shape index (κ3) is 4.34. The molecule has 4 bridgehead atoms. The Bertz CT molecular complexity index is 1160. The molecule has 4 saturated carbocycles. The zero-order chi connectivity index (χ0) is 24.2. The minimum atomic E-state index is -1.22. The molecule has 1 spiro atoms. The zero-order valence-electron chi connectivity index (χ0n) is 19.0. The van der Waals surface area contributed by atoms with E-state index in [-0.39, 0.29) is 22.0 Å². The average molecular weight is 627 g/mol. The van der Waals surface area contributed by atoms with Gasteiger partial charge >= 0.3 is 11.9 Å². The number of esters is 2. The Kier molecular flexibility index (Phi) is 6.44. The van der Waals surface area contributed by atoms with Crippen LogP contribution in [-0.4, -0.2) is 21.2 Å². The molecule has 1 heterocycles. The van der Waals surface area contributed by atoms with Crippen LogP contribution in [0.25, 0.3) is 0 Å². The number of hydrogen-bond donors (Lipinski definition) is 0. The highest BCUT2D eigenvalue weighted by molar-refractivity contribution is 14.2. The second-order valence-electron chi connectivity index (χ2n) is 10.0. The molecular formula is C27H25Cl2IO5. The predicted molar refractivity (Wildman–Crippen MR) is 141 cm³/mol. The molecule has 0 atom stereocenters. The van der Waals surface area contributed by atoms with Crippen molar-refractivity contribution in [2.45, 2.75) is 51.1 Å². The van der Waals surface area contributed by atoms with Gasteiger partial charge in [0.1, 0.15) is 0 Å². The molecule has 0 aromatic heterocycles. The molecule has 4 aliphatic carbocycles. The van der Waals surface area contributed by atoms with Gasteiger partial charge in [-0.3, -0.25) is 0 Å². The van der Waals surface area contributed by atoms with E-state index in [1.807, 2.05) is 30.3 Å². The molecule has 1 aliphatic heterocycles. The van der Waals surface area contributed by atoms with Gasteiger partial charge in [-0.2, -0.15) is 0 Å². The first-order valence-electron chi connectivity index (χ1n) is 12.0. The maximum Gasteiger partial charge on any atom is 0.354 e. The second kappa shape index (κ2) is 9.43. The SMILES string of the molecule is O=C1OC2(OC(=O)C1=Ic1ccc(Cl)c(COCc3ccccc3)c1Cl)C1CC3CC(C1)CC2C3. The topological polar surface area (TPSA) is 61.8 Å². The number of carbonyl (C=O) groups is 2. The number of benzene rings is 2. The van der Waals surface area contributed by atoms with E-state index in [1.54, 1.807) is 12.1 Å². The number of hydrogen-bond acceptors (Lipinski definition) is 5. The fourth-order valence-corrected chi connectivity index (χ4v) is 9.34. The predicted octanol–water partition coefficient (Wildman–Crippen LogP) is 6.28. The van der Waals surface area contributed by atoms with Crippen LogP contribution in [0, 0.1) is 27.2 Å². The summed E-state index contributed by atoms with van der Waals surface area (Å²) in [6, 6.07) is 13.3. The van der Waals surface area contributed by atoms with Crippen molar-refractivity contribution in [3.05, 3.63) is 67.2 Å². The standard InChI is InChI=1S/C27H25Cl2IO5/c28-21-6-7-22(23(29)20(21)14-33-13-15-4-2-1-3-5-15)30-24-25(31)34-27(35-26(24)32)18-9-16-8-17(11-18)12-19(27)10-16/h1-7,16-19H,8-14H2. The van der Waals surface area contributed by atoms with Gasteiger partial charge in [-0.25, -0.2) is 9.59 Å². The minimum absolute atomic E-state index is 0.0867. The van der Waals surface area contributed by atoms with Gasteiger partial charge in [0.25, 0.3) is 5.79 Å². The Hall–Kier alpha value is -1.48. The van der Waals surface area contributed by atoms with Crippen LogP contribution in [0.1, 0.15) is 43.2 Å². The third-order valence-corrected chi connectivity index (χ3v) is 11.8. The molecule has 5 aliphatic rings. The summed E-state index contributed by atoms with van der Waals surface area (Å²) in [5.41, 5.74) is 1.70. The second-order valence-corrected chi connectivity index (χ2v) is 13.6. The van der Waals surface area contributed by atoms with E-state index in [0.29, 0.717) is 34.1 Å². The molecule has 5 fully saturated rings. The normalized spacial score (nSPS) is 31.1. The molecule has 1 saturated heterocycles. The molecule has 0 N–H and O–H groups in total. The van der Waals surface area contributed by atoms with Crippen LogP contribution in [0.2, 0.25) is 10.0 Å². The summed E-state index contributed by atoms with van der Waals surface area (Å²) >= 11 is 11.9. The first kappa shape index (κ1) is 23.9. The maximum atomic E-state index is 13.2. The summed E-state index contributed by atoms with van der Waals surface area (Å²) in [5.74, 6) is -0.529. The fourth-order valence-electron chi connectivity index (χ4n) is 6.46. The van der Waals surface area contributed by atoms with Crippen molar-refractivity contribution in [1.82, 2.24) is 0 Å². The third-order valence-electron chi connectivity index (χ3n) is 7.83. The number of carbonyl (C=O) groups excluding carboxylic acids is 2. The molecule has 5 nitrogen and oxygen atoms in total. The summed E-state index contributed by atoms with van der Waals surface area (Å²) in [6.07, 6.45) is 5.18. The summed E-state index contributed by atoms with van der Waals surface area (Å²) in [7, 11) is 0. The largest absolute Gasteiger partial charge is 0.418 e. The van der Waals surface area contributed by atoms with E-state index in [4.69, 9.17) is 37.4 Å². The van der Waals surface area contributed by atoms with Gasteiger partial charge in [0.2, 0.25) is 0 Å². The van der Waals surface area contributed by atoms with E-state index in [9.17, 15) is 9.59 Å². The minimum Gasteiger partial charge on any atom is -0.418 e. The first-order chi connectivity index (χ1) is 16.9. The highest BCUT2D eigenvalue weighted by Crippen LogP contribution is 2.60. The maximum absolute atomic E-state index is 13.2. The Morgan fingerprint density at radius 3 is 2.11 bits per heavy atom. The van der Waals surface area contributed by atoms with Crippen molar-refractivity contribution >= 4 is 59.4 Å². The lowest BCUT2D eigenvalue weighted by Gasteiger charge is -2.59. The zero-order valence-corrected chi connectivity index (χ0v) is 22.6. The first-order valence-corrected chi connectivity index (χ1v) is 14.9. The summed E-state index contributed by atoms with van der Waals surface area (Å²) in [4.78, 5) is 26.3. The molecule has 2 aromatic rings. The smallest absolute Gasteiger partial charge is 0.354 e. The quantitative estimate of drug-likeness (QED) is 0.222. The molecule has 184 valence electrons. The van der Waals surface area contributed by atoms with E-state index in [0.717, 1.165) is 34.8 Å².